The topological polar surface area (TPSA) is 26.0 Å². The normalized spacial score (nSPS) is 12.7. The SMILES string of the molecule is NC(Cc1ccc(Cl)c(F)c1)c1sccc1Br. The molecule has 2 rings (SSSR count). The Kier molecular flexibility index (Phi) is 4.20. The van der Waals surface area contributed by atoms with Crippen LogP contribution in [0.4, 0.5) is 4.39 Å². The van der Waals surface area contributed by atoms with Gasteiger partial charge in [0.05, 0.1) is 5.02 Å². The number of benzene rings is 1. The highest BCUT2D eigenvalue weighted by molar-refractivity contribution is 9.10. The molecule has 1 aromatic carbocycles. The van der Waals surface area contributed by atoms with Crippen LogP contribution in [0.5, 0.6) is 0 Å². The lowest BCUT2D eigenvalue weighted by atomic mass is 10.1. The fourth-order valence-electron chi connectivity index (χ4n) is 1.58. The summed E-state index contributed by atoms with van der Waals surface area (Å²) >= 11 is 10.7. The van der Waals surface area contributed by atoms with Crippen LogP contribution in [-0.4, -0.2) is 0 Å². The molecule has 0 fully saturated rings. The lowest BCUT2D eigenvalue weighted by Gasteiger charge is -2.11. The number of rotatable bonds is 3. The molecule has 1 nitrogen and oxygen atoms in total. The van der Waals surface area contributed by atoms with Gasteiger partial charge in [0, 0.05) is 15.4 Å². The second-order valence-corrected chi connectivity index (χ2v) is 5.90. The van der Waals surface area contributed by atoms with Crippen LogP contribution in [0.2, 0.25) is 5.02 Å². The molecule has 0 spiro atoms. The van der Waals surface area contributed by atoms with E-state index in [2.05, 4.69) is 15.9 Å². The first kappa shape index (κ1) is 13.0. The lowest BCUT2D eigenvalue weighted by Crippen LogP contribution is -2.12. The van der Waals surface area contributed by atoms with Crippen molar-refractivity contribution >= 4 is 38.9 Å². The summed E-state index contributed by atoms with van der Waals surface area (Å²) in [7, 11) is 0. The second-order valence-electron chi connectivity index (χ2n) is 3.69. The molecule has 1 unspecified atom stereocenters. The number of thiophene rings is 1. The van der Waals surface area contributed by atoms with Crippen LogP contribution in [0.15, 0.2) is 34.1 Å². The predicted molar refractivity (Wildman–Crippen MR) is 74.1 cm³/mol. The maximum atomic E-state index is 13.3. The van der Waals surface area contributed by atoms with E-state index in [-0.39, 0.29) is 11.1 Å². The number of hydrogen-bond acceptors (Lipinski definition) is 2. The monoisotopic (exact) mass is 333 g/mol. The van der Waals surface area contributed by atoms with E-state index in [1.807, 2.05) is 11.4 Å². The van der Waals surface area contributed by atoms with Crippen LogP contribution in [0, 0.1) is 5.82 Å². The summed E-state index contributed by atoms with van der Waals surface area (Å²) in [5, 5.41) is 2.11. The minimum atomic E-state index is -0.401. The van der Waals surface area contributed by atoms with Crippen molar-refractivity contribution in [2.45, 2.75) is 12.5 Å². The molecule has 0 amide bonds. The Bertz CT molecular complexity index is 529. The van der Waals surface area contributed by atoms with Gasteiger partial charge in [-0.05, 0) is 51.5 Å². The summed E-state index contributed by atoms with van der Waals surface area (Å²) < 4.78 is 14.3. The van der Waals surface area contributed by atoms with Crippen LogP contribution >= 0.6 is 38.9 Å². The molecule has 0 bridgehead atoms. The largest absolute Gasteiger partial charge is 0.323 e. The van der Waals surface area contributed by atoms with Gasteiger partial charge in [0.1, 0.15) is 5.82 Å². The Balaban J connectivity index is 2.16. The van der Waals surface area contributed by atoms with E-state index in [1.165, 1.54) is 6.07 Å². The third kappa shape index (κ3) is 3.07. The summed E-state index contributed by atoms with van der Waals surface area (Å²) in [5.74, 6) is -0.401. The molecular weight excluding hydrogens is 325 g/mol. The summed E-state index contributed by atoms with van der Waals surface area (Å²) in [6.45, 7) is 0. The molecule has 0 aliphatic rings. The average molecular weight is 335 g/mol. The molecule has 90 valence electrons. The van der Waals surface area contributed by atoms with E-state index >= 15 is 0 Å². The number of halogens is 3. The van der Waals surface area contributed by atoms with E-state index in [1.54, 1.807) is 23.5 Å². The zero-order valence-electron chi connectivity index (χ0n) is 8.79. The van der Waals surface area contributed by atoms with Gasteiger partial charge in [0.25, 0.3) is 0 Å². The fraction of sp³-hybridized carbons (Fsp3) is 0.167. The van der Waals surface area contributed by atoms with Crippen molar-refractivity contribution in [2.75, 3.05) is 0 Å². The van der Waals surface area contributed by atoms with Crippen molar-refractivity contribution in [2.24, 2.45) is 5.73 Å². The van der Waals surface area contributed by atoms with Crippen LogP contribution in [0.1, 0.15) is 16.5 Å². The Morgan fingerprint density at radius 1 is 1.41 bits per heavy atom. The van der Waals surface area contributed by atoms with Crippen molar-refractivity contribution in [3.63, 3.8) is 0 Å². The van der Waals surface area contributed by atoms with Crippen LogP contribution in [0.25, 0.3) is 0 Å². The van der Waals surface area contributed by atoms with Gasteiger partial charge in [0.15, 0.2) is 0 Å². The predicted octanol–water partition coefficient (Wildman–Crippen LogP) is 4.55. The van der Waals surface area contributed by atoms with Gasteiger partial charge in [-0.1, -0.05) is 17.7 Å². The maximum absolute atomic E-state index is 13.3. The molecule has 0 aliphatic carbocycles. The minimum absolute atomic E-state index is 0.134. The second kappa shape index (κ2) is 5.48. The molecule has 0 aliphatic heterocycles. The lowest BCUT2D eigenvalue weighted by molar-refractivity contribution is 0.623. The molecule has 0 saturated heterocycles. The van der Waals surface area contributed by atoms with Crippen molar-refractivity contribution in [1.29, 1.82) is 0 Å². The van der Waals surface area contributed by atoms with Crippen LogP contribution in [0.3, 0.4) is 0 Å². The number of nitrogens with two attached hydrogens (primary N) is 1. The molecule has 17 heavy (non-hydrogen) atoms. The quantitative estimate of drug-likeness (QED) is 0.876. The van der Waals surface area contributed by atoms with Crippen molar-refractivity contribution in [1.82, 2.24) is 0 Å². The van der Waals surface area contributed by atoms with Crippen molar-refractivity contribution in [3.8, 4) is 0 Å². The summed E-state index contributed by atoms with van der Waals surface area (Å²) in [6, 6.07) is 6.62. The first-order valence-electron chi connectivity index (χ1n) is 5.00. The molecule has 0 saturated carbocycles. The first-order valence-corrected chi connectivity index (χ1v) is 7.05. The minimum Gasteiger partial charge on any atom is -0.323 e. The highest BCUT2D eigenvalue weighted by Crippen LogP contribution is 2.30. The van der Waals surface area contributed by atoms with E-state index in [9.17, 15) is 4.39 Å². The van der Waals surface area contributed by atoms with Gasteiger partial charge in [-0.15, -0.1) is 11.3 Å². The summed E-state index contributed by atoms with van der Waals surface area (Å²) in [5.41, 5.74) is 6.93. The molecule has 0 radical (unpaired) electrons. The molecule has 1 heterocycles. The third-order valence-corrected chi connectivity index (χ3v) is 4.73. The molecule has 2 N–H and O–H groups in total. The van der Waals surface area contributed by atoms with E-state index in [0.717, 1.165) is 14.9 Å². The molecule has 5 heteroatoms. The van der Waals surface area contributed by atoms with Gasteiger partial charge in [-0.25, -0.2) is 4.39 Å². The van der Waals surface area contributed by atoms with Gasteiger partial charge < -0.3 is 5.73 Å². The van der Waals surface area contributed by atoms with Gasteiger partial charge in [-0.2, -0.15) is 0 Å². The van der Waals surface area contributed by atoms with Crippen molar-refractivity contribution in [3.05, 3.63) is 55.4 Å². The molecule has 2 aromatic rings. The Morgan fingerprint density at radius 2 is 2.18 bits per heavy atom. The standard InChI is InChI=1S/C12H10BrClFNS/c13-8-3-4-17-12(8)11(16)6-7-1-2-9(14)10(15)5-7/h1-5,11H,6,16H2. The van der Waals surface area contributed by atoms with Gasteiger partial charge in [0.2, 0.25) is 0 Å². The molecular formula is C12H10BrClFNS. The fourth-order valence-corrected chi connectivity index (χ4v) is 3.37. The molecule has 1 aromatic heterocycles. The Morgan fingerprint density at radius 3 is 2.76 bits per heavy atom. The van der Waals surface area contributed by atoms with E-state index in [0.29, 0.717) is 6.42 Å². The zero-order chi connectivity index (χ0) is 12.4. The Labute approximate surface area is 117 Å². The summed E-state index contributed by atoms with van der Waals surface area (Å²) in [4.78, 5) is 1.07. The van der Waals surface area contributed by atoms with Crippen LogP contribution < -0.4 is 5.73 Å². The van der Waals surface area contributed by atoms with E-state index in [4.69, 9.17) is 17.3 Å². The first-order chi connectivity index (χ1) is 8.08. The third-order valence-electron chi connectivity index (χ3n) is 2.42. The van der Waals surface area contributed by atoms with Crippen molar-refractivity contribution < 1.29 is 4.39 Å². The maximum Gasteiger partial charge on any atom is 0.142 e. The highest BCUT2D eigenvalue weighted by Gasteiger charge is 2.13. The van der Waals surface area contributed by atoms with E-state index < -0.39 is 5.82 Å². The summed E-state index contributed by atoms with van der Waals surface area (Å²) in [6.07, 6.45) is 0.590. The Hall–Kier alpha value is -0.420. The van der Waals surface area contributed by atoms with Crippen LogP contribution in [-0.2, 0) is 6.42 Å². The van der Waals surface area contributed by atoms with Gasteiger partial charge >= 0.3 is 0 Å². The zero-order valence-corrected chi connectivity index (χ0v) is 11.9. The highest BCUT2D eigenvalue weighted by atomic mass is 79.9. The smallest absolute Gasteiger partial charge is 0.142 e. The number of hydrogen-bond donors (Lipinski definition) is 1. The van der Waals surface area contributed by atoms with Gasteiger partial charge in [-0.3, -0.25) is 0 Å². The average Bonchev–Trinajstić information content (AvgIpc) is 2.70. The molecule has 1 atom stereocenters.